The van der Waals surface area contributed by atoms with Crippen LogP contribution in [0.3, 0.4) is 0 Å². The molecule has 3 heteroatoms. The highest BCUT2D eigenvalue weighted by molar-refractivity contribution is 7.99. The highest BCUT2D eigenvalue weighted by atomic mass is 35.5. The maximum Gasteiger partial charge on any atom is 0.0855 e. The van der Waals surface area contributed by atoms with E-state index in [2.05, 4.69) is 12.1 Å². The summed E-state index contributed by atoms with van der Waals surface area (Å²) in [5.41, 5.74) is 2.30. The highest BCUT2D eigenvalue weighted by Gasteiger charge is 2.04. The summed E-state index contributed by atoms with van der Waals surface area (Å²) in [6, 6.07) is 6.09. The standard InChI is InChI=1S/C10H10ClNS/c1-7-5-8(2)10(9(11)6-7)13-4-3-12/h5-6H,4H2,1-2H3. The van der Waals surface area contributed by atoms with Gasteiger partial charge in [0.05, 0.1) is 16.8 Å². The molecule has 0 unspecified atom stereocenters. The predicted molar refractivity (Wildman–Crippen MR) is 57.3 cm³/mol. The Bertz CT molecular complexity index is 331. The first-order valence-electron chi connectivity index (χ1n) is 3.91. The van der Waals surface area contributed by atoms with Crippen molar-refractivity contribution in [3.05, 3.63) is 28.3 Å². The van der Waals surface area contributed by atoms with Gasteiger partial charge >= 0.3 is 0 Å². The Kier molecular flexibility index (Phi) is 3.65. The number of thioether (sulfide) groups is 1. The van der Waals surface area contributed by atoms with Gasteiger partial charge < -0.3 is 0 Å². The molecule has 0 bridgehead atoms. The van der Waals surface area contributed by atoms with Crippen LogP contribution >= 0.6 is 23.4 Å². The third kappa shape index (κ3) is 2.65. The van der Waals surface area contributed by atoms with Gasteiger partial charge in [0.15, 0.2) is 0 Å². The maximum atomic E-state index is 8.45. The summed E-state index contributed by atoms with van der Waals surface area (Å²) in [7, 11) is 0. The Hall–Kier alpha value is -0.650. The van der Waals surface area contributed by atoms with Crippen molar-refractivity contribution in [2.45, 2.75) is 18.7 Å². The lowest BCUT2D eigenvalue weighted by Gasteiger charge is -2.06. The van der Waals surface area contributed by atoms with Crippen molar-refractivity contribution in [2.24, 2.45) is 0 Å². The molecule has 0 radical (unpaired) electrons. The van der Waals surface area contributed by atoms with E-state index in [1.54, 1.807) is 0 Å². The van der Waals surface area contributed by atoms with Crippen molar-refractivity contribution in [1.29, 1.82) is 5.26 Å². The molecule has 0 saturated heterocycles. The van der Waals surface area contributed by atoms with Crippen molar-refractivity contribution < 1.29 is 0 Å². The Labute approximate surface area is 87.7 Å². The second-order valence-electron chi connectivity index (χ2n) is 2.84. The van der Waals surface area contributed by atoms with Gasteiger partial charge in [-0.1, -0.05) is 17.7 Å². The van der Waals surface area contributed by atoms with Crippen molar-refractivity contribution in [1.82, 2.24) is 0 Å². The smallest absolute Gasteiger partial charge is 0.0855 e. The molecule has 0 atom stereocenters. The molecule has 0 heterocycles. The average molecular weight is 212 g/mol. The summed E-state index contributed by atoms with van der Waals surface area (Å²) in [6.45, 7) is 4.02. The Morgan fingerprint density at radius 1 is 1.46 bits per heavy atom. The third-order valence-corrected chi connectivity index (χ3v) is 3.17. The molecule has 0 aromatic heterocycles. The number of rotatable bonds is 2. The normalized spacial score (nSPS) is 9.69. The molecule has 13 heavy (non-hydrogen) atoms. The fourth-order valence-corrected chi connectivity index (χ4v) is 2.37. The molecule has 1 aromatic carbocycles. The van der Waals surface area contributed by atoms with Gasteiger partial charge in [0, 0.05) is 4.90 Å². The van der Waals surface area contributed by atoms with Gasteiger partial charge in [0.25, 0.3) is 0 Å². The van der Waals surface area contributed by atoms with Crippen LogP contribution in [0.4, 0.5) is 0 Å². The average Bonchev–Trinajstić information content (AvgIpc) is 2.02. The fraction of sp³-hybridized carbons (Fsp3) is 0.300. The number of hydrogen-bond acceptors (Lipinski definition) is 2. The van der Waals surface area contributed by atoms with Crippen LogP contribution in [0.1, 0.15) is 11.1 Å². The van der Waals surface area contributed by atoms with E-state index in [0.717, 1.165) is 21.0 Å². The maximum absolute atomic E-state index is 8.45. The molecule has 0 aliphatic carbocycles. The monoisotopic (exact) mass is 211 g/mol. The van der Waals surface area contributed by atoms with Gasteiger partial charge in [-0.05, 0) is 31.0 Å². The molecule has 68 valence electrons. The van der Waals surface area contributed by atoms with Gasteiger partial charge in [-0.3, -0.25) is 0 Å². The number of nitriles is 1. The van der Waals surface area contributed by atoms with Gasteiger partial charge in [-0.15, -0.1) is 11.8 Å². The predicted octanol–water partition coefficient (Wildman–Crippen LogP) is 3.57. The first kappa shape index (κ1) is 10.4. The summed E-state index contributed by atoms with van der Waals surface area (Å²) in [4.78, 5) is 1.02. The molecule has 1 rings (SSSR count). The van der Waals surface area contributed by atoms with Crippen LogP contribution in [0, 0.1) is 25.2 Å². The molecule has 0 aliphatic heterocycles. The van der Waals surface area contributed by atoms with E-state index in [4.69, 9.17) is 16.9 Å². The minimum absolute atomic E-state index is 0.448. The third-order valence-electron chi connectivity index (χ3n) is 1.65. The molecule has 0 aliphatic rings. The molecule has 0 saturated carbocycles. The van der Waals surface area contributed by atoms with Crippen LogP contribution in [0.2, 0.25) is 5.02 Å². The van der Waals surface area contributed by atoms with Crippen LogP contribution in [0.25, 0.3) is 0 Å². The molecular formula is C10H10ClNS. The van der Waals surface area contributed by atoms with E-state index in [-0.39, 0.29) is 0 Å². The van der Waals surface area contributed by atoms with Crippen molar-refractivity contribution in [3.63, 3.8) is 0 Å². The topological polar surface area (TPSA) is 23.8 Å². The van der Waals surface area contributed by atoms with Crippen LogP contribution in [-0.4, -0.2) is 5.75 Å². The minimum Gasteiger partial charge on any atom is -0.197 e. The van der Waals surface area contributed by atoms with E-state index >= 15 is 0 Å². The van der Waals surface area contributed by atoms with Gasteiger partial charge in [-0.2, -0.15) is 5.26 Å². The number of nitrogens with zero attached hydrogens (tertiary/aromatic N) is 1. The molecule has 0 spiro atoms. The zero-order chi connectivity index (χ0) is 9.84. The lowest BCUT2D eigenvalue weighted by Crippen LogP contribution is -1.85. The van der Waals surface area contributed by atoms with E-state index in [9.17, 15) is 0 Å². The van der Waals surface area contributed by atoms with Crippen LogP contribution in [0.5, 0.6) is 0 Å². The van der Waals surface area contributed by atoms with Crippen molar-refractivity contribution >= 4 is 23.4 Å². The largest absolute Gasteiger partial charge is 0.197 e. The number of benzene rings is 1. The van der Waals surface area contributed by atoms with Crippen LogP contribution in [0.15, 0.2) is 17.0 Å². The van der Waals surface area contributed by atoms with E-state index in [0.29, 0.717) is 5.75 Å². The van der Waals surface area contributed by atoms with Crippen molar-refractivity contribution in [3.8, 4) is 6.07 Å². The van der Waals surface area contributed by atoms with Crippen molar-refractivity contribution in [2.75, 3.05) is 5.75 Å². The lowest BCUT2D eigenvalue weighted by atomic mass is 10.2. The van der Waals surface area contributed by atoms with Crippen LogP contribution in [-0.2, 0) is 0 Å². The Morgan fingerprint density at radius 3 is 2.69 bits per heavy atom. The number of hydrogen-bond donors (Lipinski definition) is 0. The second-order valence-corrected chi connectivity index (χ2v) is 4.23. The van der Waals surface area contributed by atoms with E-state index in [1.165, 1.54) is 11.8 Å². The first-order valence-corrected chi connectivity index (χ1v) is 5.28. The molecule has 1 nitrogen and oxygen atoms in total. The Morgan fingerprint density at radius 2 is 2.15 bits per heavy atom. The van der Waals surface area contributed by atoms with E-state index in [1.807, 2.05) is 19.9 Å². The molecule has 0 N–H and O–H groups in total. The number of halogens is 1. The zero-order valence-electron chi connectivity index (χ0n) is 7.60. The van der Waals surface area contributed by atoms with E-state index < -0.39 is 0 Å². The molecular weight excluding hydrogens is 202 g/mol. The first-order chi connectivity index (χ1) is 6.15. The summed E-state index contributed by atoms with van der Waals surface area (Å²) in [6.07, 6.45) is 0. The molecule has 0 amide bonds. The highest BCUT2D eigenvalue weighted by Crippen LogP contribution is 2.31. The number of aryl methyl sites for hydroxylation is 2. The molecule has 1 aromatic rings. The summed E-state index contributed by atoms with van der Waals surface area (Å²) >= 11 is 7.53. The summed E-state index contributed by atoms with van der Waals surface area (Å²) in [5, 5.41) is 9.20. The van der Waals surface area contributed by atoms with Gasteiger partial charge in [0.1, 0.15) is 0 Å². The summed E-state index contributed by atoms with van der Waals surface area (Å²) < 4.78 is 0. The van der Waals surface area contributed by atoms with Gasteiger partial charge in [-0.25, -0.2) is 0 Å². The molecule has 0 fully saturated rings. The fourth-order valence-electron chi connectivity index (χ4n) is 1.19. The van der Waals surface area contributed by atoms with Crippen LogP contribution < -0.4 is 0 Å². The lowest BCUT2D eigenvalue weighted by molar-refractivity contribution is 1.26. The SMILES string of the molecule is Cc1cc(C)c(SCC#N)c(Cl)c1. The Balaban J connectivity index is 3.00. The minimum atomic E-state index is 0.448. The van der Waals surface area contributed by atoms with Gasteiger partial charge in [0.2, 0.25) is 0 Å². The summed E-state index contributed by atoms with van der Waals surface area (Å²) in [5.74, 6) is 0.448. The second kappa shape index (κ2) is 4.55. The zero-order valence-corrected chi connectivity index (χ0v) is 9.17. The quantitative estimate of drug-likeness (QED) is 0.699.